The molecule has 0 amide bonds. The van der Waals surface area contributed by atoms with E-state index < -0.39 is 12.0 Å². The van der Waals surface area contributed by atoms with Crippen molar-refractivity contribution in [3.63, 3.8) is 0 Å². The van der Waals surface area contributed by atoms with E-state index in [1.807, 2.05) is 17.0 Å². The van der Waals surface area contributed by atoms with Crippen molar-refractivity contribution in [2.45, 2.75) is 24.8 Å². The first kappa shape index (κ1) is 12.6. The van der Waals surface area contributed by atoms with Gasteiger partial charge in [-0.3, -0.25) is 0 Å². The van der Waals surface area contributed by atoms with Crippen LogP contribution in [0, 0.1) is 0 Å². The number of anilines is 1. The number of halogens is 3. The monoisotopic (exact) mass is 260 g/mol. The molecule has 1 fully saturated rings. The number of hydrogen-bond acceptors (Lipinski definition) is 2. The molecule has 1 aromatic rings. The Hall–Kier alpha value is -0.870. The maximum absolute atomic E-state index is 12.9. The summed E-state index contributed by atoms with van der Waals surface area (Å²) in [6.45, 7) is 0.914. The van der Waals surface area contributed by atoms with Crippen LogP contribution in [0.25, 0.3) is 0 Å². The maximum Gasteiger partial charge on any atom is 0.258 e. The molecule has 1 unspecified atom stereocenters. The molecule has 1 aromatic carbocycles. The van der Waals surface area contributed by atoms with Gasteiger partial charge in [0.05, 0.1) is 5.54 Å². The van der Waals surface area contributed by atoms with Gasteiger partial charge in [-0.2, -0.15) is 0 Å². The summed E-state index contributed by atoms with van der Waals surface area (Å²) in [5.74, 6) is 0. The van der Waals surface area contributed by atoms with Crippen LogP contribution in [0.1, 0.15) is 12.8 Å². The minimum Gasteiger partial charge on any atom is -0.369 e. The largest absolute Gasteiger partial charge is 0.369 e. The normalized spacial score (nSPS) is 25.4. The fourth-order valence-electron chi connectivity index (χ4n) is 2.18. The average Bonchev–Trinajstić information content (AvgIpc) is 2.29. The van der Waals surface area contributed by atoms with Crippen LogP contribution in [-0.4, -0.2) is 25.1 Å². The highest BCUT2D eigenvalue weighted by molar-refractivity contribution is 6.30. The third-order valence-corrected chi connectivity index (χ3v) is 3.40. The van der Waals surface area contributed by atoms with Crippen molar-refractivity contribution in [2.75, 3.05) is 18.0 Å². The molecular formula is C12H15ClF2N2. The fraction of sp³-hybridized carbons (Fsp3) is 0.500. The van der Waals surface area contributed by atoms with E-state index in [1.54, 1.807) is 12.1 Å². The number of rotatable bonds is 2. The van der Waals surface area contributed by atoms with E-state index in [-0.39, 0.29) is 6.54 Å². The third-order valence-electron chi connectivity index (χ3n) is 3.16. The van der Waals surface area contributed by atoms with Crippen molar-refractivity contribution >= 4 is 17.3 Å². The molecule has 0 saturated carbocycles. The van der Waals surface area contributed by atoms with Gasteiger partial charge in [-0.1, -0.05) is 17.7 Å². The Morgan fingerprint density at radius 1 is 1.41 bits per heavy atom. The van der Waals surface area contributed by atoms with Crippen LogP contribution in [0.5, 0.6) is 0 Å². The van der Waals surface area contributed by atoms with Crippen LogP contribution in [-0.2, 0) is 0 Å². The highest BCUT2D eigenvalue weighted by Crippen LogP contribution is 2.29. The minimum absolute atomic E-state index is 0.172. The molecule has 1 aliphatic rings. The predicted molar refractivity (Wildman–Crippen MR) is 65.8 cm³/mol. The number of piperidine rings is 1. The van der Waals surface area contributed by atoms with Gasteiger partial charge in [0.25, 0.3) is 6.43 Å². The number of nitrogens with zero attached hydrogens (tertiary/aromatic N) is 1. The van der Waals surface area contributed by atoms with Crippen molar-refractivity contribution in [3.05, 3.63) is 29.3 Å². The SMILES string of the molecule is NC1(C(F)F)CCCN(c2cccc(Cl)c2)C1. The Bertz CT molecular complexity index is 400. The summed E-state index contributed by atoms with van der Waals surface area (Å²) in [4.78, 5) is 1.88. The van der Waals surface area contributed by atoms with Gasteiger partial charge in [0, 0.05) is 23.8 Å². The molecule has 2 rings (SSSR count). The molecule has 1 saturated heterocycles. The van der Waals surface area contributed by atoms with Crippen LogP contribution < -0.4 is 10.6 Å². The molecule has 0 aromatic heterocycles. The number of alkyl halides is 2. The van der Waals surface area contributed by atoms with Crippen molar-refractivity contribution in [1.82, 2.24) is 0 Å². The molecule has 0 aliphatic carbocycles. The van der Waals surface area contributed by atoms with E-state index in [4.69, 9.17) is 17.3 Å². The first-order valence-corrected chi connectivity index (χ1v) is 5.97. The van der Waals surface area contributed by atoms with E-state index in [1.165, 1.54) is 0 Å². The van der Waals surface area contributed by atoms with Crippen molar-refractivity contribution in [3.8, 4) is 0 Å². The van der Waals surface area contributed by atoms with Crippen LogP contribution in [0.4, 0.5) is 14.5 Å². The van der Waals surface area contributed by atoms with Gasteiger partial charge in [-0.25, -0.2) is 8.78 Å². The molecule has 2 nitrogen and oxygen atoms in total. The van der Waals surface area contributed by atoms with E-state index in [0.29, 0.717) is 17.9 Å². The predicted octanol–water partition coefficient (Wildman–Crippen LogP) is 2.90. The second-order valence-corrected chi connectivity index (χ2v) is 4.98. The van der Waals surface area contributed by atoms with Gasteiger partial charge in [0.1, 0.15) is 0 Å². The Morgan fingerprint density at radius 2 is 2.18 bits per heavy atom. The topological polar surface area (TPSA) is 29.3 Å². The highest BCUT2D eigenvalue weighted by atomic mass is 35.5. The van der Waals surface area contributed by atoms with Crippen molar-refractivity contribution in [2.24, 2.45) is 5.73 Å². The van der Waals surface area contributed by atoms with Crippen LogP contribution in [0.2, 0.25) is 5.02 Å². The molecule has 1 atom stereocenters. The van der Waals surface area contributed by atoms with Gasteiger partial charge in [0.2, 0.25) is 0 Å². The fourth-order valence-corrected chi connectivity index (χ4v) is 2.37. The lowest BCUT2D eigenvalue weighted by molar-refractivity contribution is 0.0448. The lowest BCUT2D eigenvalue weighted by Gasteiger charge is -2.40. The molecule has 1 aliphatic heterocycles. The molecule has 2 N–H and O–H groups in total. The zero-order valence-corrected chi connectivity index (χ0v) is 10.1. The Kier molecular flexibility index (Phi) is 3.54. The van der Waals surface area contributed by atoms with Gasteiger partial charge < -0.3 is 10.6 Å². The summed E-state index contributed by atoms with van der Waals surface area (Å²) in [6, 6.07) is 7.21. The van der Waals surface area contributed by atoms with Crippen molar-refractivity contribution in [1.29, 1.82) is 0 Å². The van der Waals surface area contributed by atoms with E-state index in [2.05, 4.69) is 0 Å². The highest BCUT2D eigenvalue weighted by Gasteiger charge is 2.39. The Morgan fingerprint density at radius 3 is 2.82 bits per heavy atom. The van der Waals surface area contributed by atoms with Crippen LogP contribution in [0.3, 0.4) is 0 Å². The first-order chi connectivity index (χ1) is 8.01. The van der Waals surface area contributed by atoms with E-state index >= 15 is 0 Å². The lowest BCUT2D eigenvalue weighted by atomic mass is 9.90. The summed E-state index contributed by atoms with van der Waals surface area (Å²) in [7, 11) is 0. The van der Waals surface area contributed by atoms with Crippen LogP contribution in [0.15, 0.2) is 24.3 Å². The van der Waals surface area contributed by atoms with Gasteiger partial charge in [-0.05, 0) is 31.0 Å². The summed E-state index contributed by atoms with van der Waals surface area (Å²) in [5, 5.41) is 0.604. The minimum atomic E-state index is -2.50. The number of nitrogens with two attached hydrogens (primary N) is 1. The lowest BCUT2D eigenvalue weighted by Crippen LogP contribution is -2.59. The second-order valence-electron chi connectivity index (χ2n) is 4.54. The van der Waals surface area contributed by atoms with E-state index in [0.717, 1.165) is 12.2 Å². The summed E-state index contributed by atoms with van der Waals surface area (Å²) < 4.78 is 25.8. The second kappa shape index (κ2) is 4.78. The summed E-state index contributed by atoms with van der Waals surface area (Å²) in [5.41, 5.74) is 5.20. The number of hydrogen-bond donors (Lipinski definition) is 1. The molecule has 1 heterocycles. The molecule has 5 heteroatoms. The van der Waals surface area contributed by atoms with Gasteiger partial charge >= 0.3 is 0 Å². The molecule has 94 valence electrons. The first-order valence-electron chi connectivity index (χ1n) is 5.59. The molecular weight excluding hydrogens is 246 g/mol. The summed E-state index contributed by atoms with van der Waals surface area (Å²) >= 11 is 5.89. The van der Waals surface area contributed by atoms with Crippen molar-refractivity contribution < 1.29 is 8.78 Å². The Labute approximate surface area is 104 Å². The van der Waals surface area contributed by atoms with Gasteiger partial charge in [-0.15, -0.1) is 0 Å². The maximum atomic E-state index is 12.9. The third kappa shape index (κ3) is 2.69. The molecule has 17 heavy (non-hydrogen) atoms. The average molecular weight is 261 g/mol. The molecule has 0 bridgehead atoms. The molecule has 0 radical (unpaired) electrons. The zero-order chi connectivity index (χ0) is 12.5. The number of benzene rings is 1. The van der Waals surface area contributed by atoms with Gasteiger partial charge in [0.15, 0.2) is 0 Å². The molecule has 0 spiro atoms. The Balaban J connectivity index is 2.18. The summed E-state index contributed by atoms with van der Waals surface area (Å²) in [6.07, 6.45) is -1.46. The van der Waals surface area contributed by atoms with E-state index in [9.17, 15) is 8.78 Å². The smallest absolute Gasteiger partial charge is 0.258 e. The van der Waals surface area contributed by atoms with Crippen LogP contribution >= 0.6 is 11.6 Å². The zero-order valence-electron chi connectivity index (χ0n) is 9.37. The standard InChI is InChI=1S/C12H15ClF2N2/c13-9-3-1-4-10(7-9)17-6-2-5-12(16,8-17)11(14)15/h1,3-4,7,11H,2,5-6,8,16H2. The quantitative estimate of drug-likeness (QED) is 0.886.